The predicted octanol–water partition coefficient (Wildman–Crippen LogP) is 4.43. The first-order valence-electron chi connectivity index (χ1n) is 8.86. The van der Waals surface area contributed by atoms with Crippen molar-refractivity contribution < 1.29 is 9.32 Å². The Kier molecular flexibility index (Phi) is 4.59. The predicted molar refractivity (Wildman–Crippen MR) is 101 cm³/mol. The topological polar surface area (TPSA) is 59.2 Å². The molecule has 1 unspecified atom stereocenters. The SMILES string of the molecule is Cc1csc(C2CCCN(C(=O)c3c(-c4ccccc4)noc3C)C2)n1. The second-order valence-corrected chi connectivity index (χ2v) is 7.64. The maximum Gasteiger partial charge on any atom is 0.259 e. The number of nitrogens with zero attached hydrogens (tertiary/aromatic N) is 3. The third-order valence-electron chi connectivity index (χ3n) is 4.82. The van der Waals surface area contributed by atoms with Gasteiger partial charge in [0, 0.05) is 35.6 Å². The van der Waals surface area contributed by atoms with Crippen molar-refractivity contribution in [1.82, 2.24) is 15.0 Å². The molecule has 1 saturated heterocycles. The van der Waals surface area contributed by atoms with Crippen LogP contribution in [0.25, 0.3) is 11.3 Å². The van der Waals surface area contributed by atoms with Gasteiger partial charge < -0.3 is 9.42 Å². The van der Waals surface area contributed by atoms with E-state index in [1.165, 1.54) is 0 Å². The van der Waals surface area contributed by atoms with Crippen molar-refractivity contribution >= 4 is 17.2 Å². The van der Waals surface area contributed by atoms with Crippen LogP contribution in [-0.2, 0) is 0 Å². The number of thiazole rings is 1. The van der Waals surface area contributed by atoms with Crippen LogP contribution >= 0.6 is 11.3 Å². The van der Waals surface area contributed by atoms with Crippen LogP contribution in [0.2, 0.25) is 0 Å². The van der Waals surface area contributed by atoms with Gasteiger partial charge in [0.25, 0.3) is 5.91 Å². The average molecular weight is 367 g/mol. The molecule has 1 aliphatic rings. The number of aromatic nitrogens is 2. The first-order chi connectivity index (χ1) is 12.6. The van der Waals surface area contributed by atoms with Crippen LogP contribution in [0.15, 0.2) is 40.2 Å². The molecule has 6 heteroatoms. The molecule has 1 atom stereocenters. The summed E-state index contributed by atoms with van der Waals surface area (Å²) in [6, 6.07) is 9.73. The van der Waals surface area contributed by atoms with Crippen molar-refractivity contribution in [3.63, 3.8) is 0 Å². The summed E-state index contributed by atoms with van der Waals surface area (Å²) in [5.74, 6) is 0.883. The molecule has 3 aromatic rings. The first kappa shape index (κ1) is 17.0. The van der Waals surface area contributed by atoms with E-state index in [1.807, 2.05) is 42.2 Å². The van der Waals surface area contributed by atoms with Crippen LogP contribution < -0.4 is 0 Å². The molecular formula is C20H21N3O2S. The van der Waals surface area contributed by atoms with Gasteiger partial charge in [-0.1, -0.05) is 35.5 Å². The molecule has 2 aromatic heterocycles. The zero-order valence-corrected chi connectivity index (χ0v) is 15.8. The van der Waals surface area contributed by atoms with Crippen molar-refractivity contribution in [2.45, 2.75) is 32.6 Å². The van der Waals surface area contributed by atoms with Crippen molar-refractivity contribution in [1.29, 1.82) is 0 Å². The molecule has 26 heavy (non-hydrogen) atoms. The molecule has 1 aromatic carbocycles. The summed E-state index contributed by atoms with van der Waals surface area (Å²) in [4.78, 5) is 19.8. The summed E-state index contributed by atoms with van der Waals surface area (Å²) < 4.78 is 5.37. The molecule has 0 spiro atoms. The molecule has 0 saturated carbocycles. The maximum absolute atomic E-state index is 13.3. The minimum absolute atomic E-state index is 0.000538. The van der Waals surface area contributed by atoms with Gasteiger partial charge in [0.1, 0.15) is 17.0 Å². The molecule has 0 bridgehead atoms. The van der Waals surface area contributed by atoms with Crippen molar-refractivity contribution in [2.75, 3.05) is 13.1 Å². The lowest BCUT2D eigenvalue weighted by atomic mass is 9.97. The monoisotopic (exact) mass is 367 g/mol. The number of benzene rings is 1. The maximum atomic E-state index is 13.3. The lowest BCUT2D eigenvalue weighted by Crippen LogP contribution is -2.39. The van der Waals surface area contributed by atoms with Gasteiger partial charge >= 0.3 is 0 Å². The standard InChI is InChI=1S/C20H21N3O2S/c1-13-12-26-19(21-13)16-9-6-10-23(11-16)20(24)17-14(2)25-22-18(17)15-7-4-3-5-8-15/h3-5,7-8,12,16H,6,9-11H2,1-2H3. The number of amides is 1. The Morgan fingerprint density at radius 3 is 2.81 bits per heavy atom. The summed E-state index contributed by atoms with van der Waals surface area (Å²) in [7, 11) is 0. The van der Waals surface area contributed by atoms with E-state index in [-0.39, 0.29) is 5.91 Å². The third kappa shape index (κ3) is 3.17. The lowest BCUT2D eigenvalue weighted by molar-refractivity contribution is 0.0706. The van der Waals surface area contributed by atoms with Gasteiger partial charge in [0.05, 0.1) is 5.01 Å². The largest absolute Gasteiger partial charge is 0.360 e. The summed E-state index contributed by atoms with van der Waals surface area (Å²) in [5.41, 5.74) is 3.15. The molecule has 1 aliphatic heterocycles. The quantitative estimate of drug-likeness (QED) is 0.687. The Balaban J connectivity index is 1.61. The zero-order valence-electron chi connectivity index (χ0n) is 14.9. The van der Waals surface area contributed by atoms with E-state index in [0.717, 1.165) is 35.7 Å². The highest BCUT2D eigenvalue weighted by molar-refractivity contribution is 7.09. The first-order valence-corrected chi connectivity index (χ1v) is 9.74. The molecule has 1 amide bonds. The molecule has 5 nitrogen and oxygen atoms in total. The number of piperidine rings is 1. The molecule has 1 fully saturated rings. The number of carbonyl (C=O) groups is 1. The molecule has 3 heterocycles. The van der Waals surface area contributed by atoms with E-state index >= 15 is 0 Å². The normalized spacial score (nSPS) is 17.5. The minimum Gasteiger partial charge on any atom is -0.360 e. The van der Waals surface area contributed by atoms with E-state index < -0.39 is 0 Å². The van der Waals surface area contributed by atoms with E-state index in [9.17, 15) is 4.79 Å². The fourth-order valence-electron chi connectivity index (χ4n) is 3.50. The number of rotatable bonds is 3. The van der Waals surface area contributed by atoms with E-state index in [1.54, 1.807) is 18.3 Å². The van der Waals surface area contributed by atoms with Crippen molar-refractivity contribution in [3.05, 3.63) is 57.7 Å². The van der Waals surface area contributed by atoms with Gasteiger partial charge in [-0.3, -0.25) is 4.79 Å². The third-order valence-corrected chi connectivity index (χ3v) is 5.94. The fraction of sp³-hybridized carbons (Fsp3) is 0.350. The highest BCUT2D eigenvalue weighted by Crippen LogP contribution is 2.32. The molecule has 0 aliphatic carbocycles. The van der Waals surface area contributed by atoms with Gasteiger partial charge in [-0.25, -0.2) is 4.98 Å². The Bertz CT molecular complexity index is 916. The molecule has 0 N–H and O–H groups in total. The van der Waals surface area contributed by atoms with E-state index in [2.05, 4.69) is 15.5 Å². The molecule has 0 radical (unpaired) electrons. The Morgan fingerprint density at radius 1 is 1.27 bits per heavy atom. The van der Waals surface area contributed by atoms with E-state index in [4.69, 9.17) is 4.52 Å². The van der Waals surface area contributed by atoms with Crippen molar-refractivity contribution in [3.8, 4) is 11.3 Å². The Hall–Kier alpha value is -2.47. The number of carbonyl (C=O) groups excluding carboxylic acids is 1. The second kappa shape index (κ2) is 7.03. The van der Waals surface area contributed by atoms with Crippen LogP contribution in [0.4, 0.5) is 0 Å². The van der Waals surface area contributed by atoms with Crippen LogP contribution in [0, 0.1) is 13.8 Å². The minimum atomic E-state index is 0.000538. The van der Waals surface area contributed by atoms with Gasteiger partial charge in [-0.05, 0) is 26.7 Å². The van der Waals surface area contributed by atoms with Gasteiger partial charge in [0.2, 0.25) is 0 Å². The Morgan fingerprint density at radius 2 is 2.08 bits per heavy atom. The number of aryl methyl sites for hydroxylation is 2. The van der Waals surface area contributed by atoms with Crippen LogP contribution in [0.5, 0.6) is 0 Å². The molecule has 4 rings (SSSR count). The van der Waals surface area contributed by atoms with Gasteiger partial charge in [-0.15, -0.1) is 11.3 Å². The van der Waals surface area contributed by atoms with Gasteiger partial charge in [0.15, 0.2) is 0 Å². The van der Waals surface area contributed by atoms with Crippen LogP contribution in [-0.4, -0.2) is 34.0 Å². The number of hydrogen-bond donors (Lipinski definition) is 0. The van der Waals surface area contributed by atoms with E-state index in [0.29, 0.717) is 29.5 Å². The second-order valence-electron chi connectivity index (χ2n) is 6.75. The Labute approximate surface area is 156 Å². The smallest absolute Gasteiger partial charge is 0.259 e. The fourth-order valence-corrected chi connectivity index (χ4v) is 4.42. The lowest BCUT2D eigenvalue weighted by Gasteiger charge is -2.31. The van der Waals surface area contributed by atoms with Crippen LogP contribution in [0.3, 0.4) is 0 Å². The summed E-state index contributed by atoms with van der Waals surface area (Å²) in [6.07, 6.45) is 2.06. The summed E-state index contributed by atoms with van der Waals surface area (Å²) in [6.45, 7) is 5.28. The summed E-state index contributed by atoms with van der Waals surface area (Å²) in [5, 5.41) is 7.36. The zero-order chi connectivity index (χ0) is 18.1. The molecular weight excluding hydrogens is 346 g/mol. The number of likely N-dealkylation sites (tertiary alicyclic amines) is 1. The molecule has 134 valence electrons. The highest BCUT2D eigenvalue weighted by Gasteiger charge is 2.31. The van der Waals surface area contributed by atoms with Crippen LogP contribution in [0.1, 0.15) is 45.6 Å². The number of hydrogen-bond acceptors (Lipinski definition) is 5. The average Bonchev–Trinajstić information content (AvgIpc) is 3.28. The summed E-state index contributed by atoms with van der Waals surface area (Å²) >= 11 is 1.69. The highest BCUT2D eigenvalue weighted by atomic mass is 32.1. The van der Waals surface area contributed by atoms with Crippen molar-refractivity contribution in [2.24, 2.45) is 0 Å². The van der Waals surface area contributed by atoms with Gasteiger partial charge in [-0.2, -0.15) is 0 Å².